The first kappa shape index (κ1) is 33.6. The highest BCUT2D eigenvalue weighted by atomic mass is 35.5. The van der Waals surface area contributed by atoms with Gasteiger partial charge in [-0.2, -0.15) is 5.10 Å². The summed E-state index contributed by atoms with van der Waals surface area (Å²) in [5, 5.41) is 13.0. The highest BCUT2D eigenvalue weighted by Crippen LogP contribution is 2.30. The molecule has 0 bridgehead atoms. The third kappa shape index (κ3) is 7.99. The van der Waals surface area contributed by atoms with E-state index in [1.165, 1.54) is 29.6 Å². The number of anilines is 2. The summed E-state index contributed by atoms with van der Waals surface area (Å²) in [5.41, 5.74) is 9.87. The second-order valence-corrected chi connectivity index (χ2v) is 12.2. The summed E-state index contributed by atoms with van der Waals surface area (Å²) in [6, 6.07) is 14.2. The fourth-order valence-electron chi connectivity index (χ4n) is 5.55. The molecule has 5 rings (SSSR count). The van der Waals surface area contributed by atoms with Gasteiger partial charge in [0.15, 0.2) is 0 Å². The molecule has 2 aromatic heterocycles. The molecule has 47 heavy (non-hydrogen) atoms. The lowest BCUT2D eigenvalue weighted by molar-refractivity contribution is 0.0950. The molecule has 5 N–H and O–H groups in total. The van der Waals surface area contributed by atoms with Crippen molar-refractivity contribution in [2.45, 2.75) is 38.8 Å². The fraction of sp³-hybridized carbons (Fsp3) is 0.265. The molecule has 0 saturated carbocycles. The number of pyridine rings is 1. The van der Waals surface area contributed by atoms with Crippen molar-refractivity contribution in [3.8, 4) is 22.4 Å². The smallest absolute Gasteiger partial charge is 0.323 e. The molecule has 244 valence electrons. The number of nitrogens with one attached hydrogen (secondary N) is 3. The number of urea groups is 1. The second-order valence-electron chi connectivity index (χ2n) is 11.3. The molecule has 1 saturated heterocycles. The first-order chi connectivity index (χ1) is 22.5. The van der Waals surface area contributed by atoms with Gasteiger partial charge in [-0.05, 0) is 86.8 Å². The Morgan fingerprint density at radius 2 is 1.74 bits per heavy atom. The Labute approximate surface area is 282 Å². The third-order valence-electron chi connectivity index (χ3n) is 8.11. The number of rotatable bonds is 10. The molecule has 0 aliphatic carbocycles. The Morgan fingerprint density at radius 3 is 2.43 bits per heavy atom. The minimum atomic E-state index is -0.717. The van der Waals surface area contributed by atoms with Gasteiger partial charge in [0, 0.05) is 48.3 Å². The Bertz CT molecular complexity index is 1870. The molecule has 1 aliphatic rings. The van der Waals surface area contributed by atoms with Crippen molar-refractivity contribution in [2.75, 3.05) is 30.8 Å². The van der Waals surface area contributed by atoms with Crippen LogP contribution in [0.4, 0.5) is 16.2 Å². The van der Waals surface area contributed by atoms with E-state index in [0.29, 0.717) is 40.7 Å². The maximum Gasteiger partial charge on any atom is 0.323 e. The van der Waals surface area contributed by atoms with Crippen LogP contribution in [-0.2, 0) is 6.54 Å². The molecule has 0 unspecified atom stereocenters. The molecule has 3 heterocycles. The van der Waals surface area contributed by atoms with Gasteiger partial charge in [0.1, 0.15) is 5.69 Å². The number of benzene rings is 2. The number of carbonyl (C=O) groups is 2. The molecule has 2 aromatic carbocycles. The summed E-state index contributed by atoms with van der Waals surface area (Å²) in [6.45, 7) is 7.58. The topological polar surface area (TPSA) is 147 Å². The van der Waals surface area contributed by atoms with E-state index in [1.807, 2.05) is 36.4 Å². The van der Waals surface area contributed by atoms with Gasteiger partial charge in [0.25, 0.3) is 11.5 Å². The molecule has 4 aromatic rings. The largest absolute Gasteiger partial charge is 0.399 e. The van der Waals surface area contributed by atoms with Crippen LogP contribution in [0.2, 0.25) is 10.0 Å². The second kappa shape index (κ2) is 14.8. The van der Waals surface area contributed by atoms with E-state index >= 15 is 0 Å². The van der Waals surface area contributed by atoms with E-state index in [4.69, 9.17) is 28.9 Å². The van der Waals surface area contributed by atoms with Gasteiger partial charge < -0.3 is 26.6 Å². The zero-order valence-corrected chi connectivity index (χ0v) is 27.7. The average molecular weight is 676 g/mol. The number of likely N-dealkylation sites (tertiary alicyclic amines) is 1. The average Bonchev–Trinajstić information content (AvgIpc) is 3.47. The van der Waals surface area contributed by atoms with Gasteiger partial charge in [-0.1, -0.05) is 48.0 Å². The van der Waals surface area contributed by atoms with Crippen molar-refractivity contribution in [3.63, 3.8) is 0 Å². The van der Waals surface area contributed by atoms with Crippen molar-refractivity contribution < 1.29 is 9.59 Å². The quantitative estimate of drug-likeness (QED) is 0.159. The lowest BCUT2D eigenvalue weighted by atomic mass is 9.96. The predicted molar refractivity (Wildman–Crippen MR) is 188 cm³/mol. The fourth-order valence-corrected chi connectivity index (χ4v) is 6.01. The zero-order valence-electron chi connectivity index (χ0n) is 26.1. The van der Waals surface area contributed by atoms with Crippen molar-refractivity contribution in [2.24, 2.45) is 5.73 Å². The molecule has 0 spiro atoms. The Balaban J connectivity index is 1.41. The highest BCUT2D eigenvalue weighted by molar-refractivity contribution is 6.39. The van der Waals surface area contributed by atoms with Crippen LogP contribution in [0.1, 0.15) is 42.1 Å². The Hall–Kier alpha value is -4.71. The van der Waals surface area contributed by atoms with E-state index in [2.05, 4.69) is 44.6 Å². The van der Waals surface area contributed by atoms with Crippen LogP contribution in [0.3, 0.4) is 0 Å². The molecule has 11 nitrogen and oxygen atoms in total. The van der Waals surface area contributed by atoms with Crippen molar-refractivity contribution in [1.29, 1.82) is 0 Å². The summed E-state index contributed by atoms with van der Waals surface area (Å²) < 4.78 is 1.26. The number of nitrogens with zero attached hydrogens (tertiary/aromatic N) is 4. The van der Waals surface area contributed by atoms with Gasteiger partial charge in [-0.25, -0.2) is 9.48 Å². The SMILES string of the molecule is C=C(N)c1cc(C(=O)NCC[C@H]2CCCN2C)cc(-c2cccc(-c3cc(NC(=O)Nc4c(Cl)cncc4Cl)c(=O)n(CC)n3)c2)c1. The summed E-state index contributed by atoms with van der Waals surface area (Å²) >= 11 is 12.3. The summed E-state index contributed by atoms with van der Waals surface area (Å²) in [5.74, 6) is -0.189. The van der Waals surface area contributed by atoms with E-state index in [9.17, 15) is 14.4 Å². The lowest BCUT2D eigenvalue weighted by Crippen LogP contribution is -2.31. The number of hydrogen-bond acceptors (Lipinski definition) is 7. The number of hydrogen-bond donors (Lipinski definition) is 4. The minimum absolute atomic E-state index is 0.00485. The summed E-state index contributed by atoms with van der Waals surface area (Å²) in [4.78, 5) is 45.4. The lowest BCUT2D eigenvalue weighted by Gasteiger charge is -2.19. The summed E-state index contributed by atoms with van der Waals surface area (Å²) in [6.07, 6.45) is 5.89. The Kier molecular flexibility index (Phi) is 10.6. The van der Waals surface area contributed by atoms with Gasteiger partial charge in [-0.3, -0.25) is 14.6 Å². The molecular formula is C34H36Cl2N8O3. The number of halogens is 2. The summed E-state index contributed by atoms with van der Waals surface area (Å²) in [7, 11) is 2.12. The van der Waals surface area contributed by atoms with Crippen LogP contribution in [0, 0.1) is 0 Å². The van der Waals surface area contributed by atoms with E-state index < -0.39 is 11.6 Å². The number of nitrogens with two attached hydrogens (primary N) is 1. The first-order valence-electron chi connectivity index (χ1n) is 15.2. The predicted octanol–water partition coefficient (Wildman–Crippen LogP) is 6.09. The van der Waals surface area contributed by atoms with E-state index in [-0.39, 0.29) is 33.9 Å². The van der Waals surface area contributed by atoms with Crippen LogP contribution in [0.15, 0.2) is 72.3 Å². The van der Waals surface area contributed by atoms with Crippen molar-refractivity contribution in [1.82, 2.24) is 25.0 Å². The van der Waals surface area contributed by atoms with Crippen molar-refractivity contribution >= 4 is 52.2 Å². The Morgan fingerprint density at radius 1 is 1.02 bits per heavy atom. The molecular weight excluding hydrogens is 639 g/mol. The number of aromatic nitrogens is 3. The molecule has 0 radical (unpaired) electrons. The number of carbonyl (C=O) groups excluding carboxylic acids is 2. The van der Waals surface area contributed by atoms with Crippen molar-refractivity contribution in [3.05, 3.63) is 99.0 Å². The number of amides is 3. The maximum absolute atomic E-state index is 13.2. The van der Waals surface area contributed by atoms with Crippen LogP contribution >= 0.6 is 23.2 Å². The first-order valence-corrected chi connectivity index (χ1v) is 16.0. The number of aryl methyl sites for hydroxylation is 1. The highest BCUT2D eigenvalue weighted by Gasteiger charge is 2.21. The van der Waals surface area contributed by atoms with Gasteiger partial charge in [0.2, 0.25) is 0 Å². The molecule has 1 atom stereocenters. The molecule has 1 fully saturated rings. The van der Waals surface area contributed by atoms with Crippen LogP contribution < -0.4 is 27.2 Å². The maximum atomic E-state index is 13.2. The molecule has 1 aliphatic heterocycles. The van der Waals surface area contributed by atoms with Gasteiger partial charge in [-0.15, -0.1) is 0 Å². The van der Waals surface area contributed by atoms with Gasteiger partial charge in [0.05, 0.1) is 21.4 Å². The standard InChI is InChI=1S/C34H36Cl2N8O3/c1-4-44-33(46)30(40-34(47)41-31-27(35)18-38-19-28(31)36)17-29(42-44)22-8-5-7-21(13-22)24-14-23(20(2)37)15-25(16-24)32(45)39-11-10-26-9-6-12-43(26)3/h5,7-8,13-19,26H,2,4,6,9-12,37H2,1,3H3,(H,39,45)(H2,38,40,41,47)/t26-/m1/s1. The van der Waals surface area contributed by atoms with E-state index in [1.54, 1.807) is 13.0 Å². The van der Waals surface area contributed by atoms with Gasteiger partial charge >= 0.3 is 6.03 Å². The molecule has 3 amide bonds. The van der Waals surface area contributed by atoms with Crippen LogP contribution in [0.5, 0.6) is 0 Å². The zero-order chi connectivity index (χ0) is 33.7. The van der Waals surface area contributed by atoms with E-state index in [0.717, 1.165) is 30.5 Å². The van der Waals surface area contributed by atoms with Crippen LogP contribution in [-0.4, -0.2) is 57.8 Å². The molecule has 13 heteroatoms. The minimum Gasteiger partial charge on any atom is -0.399 e. The monoisotopic (exact) mass is 674 g/mol. The third-order valence-corrected chi connectivity index (χ3v) is 8.68. The normalized spacial score (nSPS) is 14.5. The van der Waals surface area contributed by atoms with Crippen LogP contribution in [0.25, 0.3) is 28.1 Å².